The van der Waals surface area contributed by atoms with Gasteiger partial charge in [0.25, 0.3) is 0 Å². The van der Waals surface area contributed by atoms with E-state index in [-0.39, 0.29) is 6.54 Å². The van der Waals surface area contributed by atoms with Crippen LogP contribution < -0.4 is 10.2 Å². The third-order valence-corrected chi connectivity index (χ3v) is 3.48. The molecule has 2 heterocycles. The van der Waals surface area contributed by atoms with Crippen molar-refractivity contribution in [1.82, 2.24) is 10.3 Å². The van der Waals surface area contributed by atoms with Crippen molar-refractivity contribution < 1.29 is 27.4 Å². The number of amides is 1. The zero-order chi connectivity index (χ0) is 17.6. The number of aromatic nitrogens is 1. The third kappa shape index (κ3) is 5.97. The summed E-state index contributed by atoms with van der Waals surface area (Å²) in [6.07, 6.45) is -3.99. The molecule has 1 aromatic rings. The quantitative estimate of drug-likeness (QED) is 0.845. The minimum atomic E-state index is -4.45. The minimum absolute atomic E-state index is 0.193. The average Bonchev–Trinajstić information content (AvgIpc) is 2.58. The van der Waals surface area contributed by atoms with Gasteiger partial charge in [0.2, 0.25) is 5.91 Å². The van der Waals surface area contributed by atoms with Crippen LogP contribution in [-0.2, 0) is 20.8 Å². The Morgan fingerprint density at radius 2 is 2.17 bits per heavy atom. The Morgan fingerprint density at radius 3 is 2.83 bits per heavy atom. The number of carbonyl (C=O) groups is 1. The summed E-state index contributed by atoms with van der Waals surface area (Å²) < 4.78 is 46.0. The summed E-state index contributed by atoms with van der Waals surface area (Å²) in [6, 6.07) is 3.58. The molecule has 1 aliphatic rings. The molecule has 1 aromatic heterocycles. The number of hydrogen-bond donors (Lipinski definition) is 1. The van der Waals surface area contributed by atoms with Gasteiger partial charge in [0.15, 0.2) is 0 Å². The van der Waals surface area contributed by atoms with Gasteiger partial charge in [-0.25, -0.2) is 4.98 Å². The van der Waals surface area contributed by atoms with Gasteiger partial charge in [0.05, 0.1) is 13.2 Å². The van der Waals surface area contributed by atoms with Gasteiger partial charge < -0.3 is 19.7 Å². The van der Waals surface area contributed by atoms with E-state index in [1.807, 2.05) is 6.07 Å². The Labute approximate surface area is 137 Å². The Hall–Kier alpha value is -1.87. The van der Waals surface area contributed by atoms with E-state index in [1.54, 1.807) is 12.3 Å². The zero-order valence-electron chi connectivity index (χ0n) is 13.3. The first kappa shape index (κ1) is 18.5. The summed E-state index contributed by atoms with van der Waals surface area (Å²) in [5.41, 5.74) is 0.808. The highest BCUT2D eigenvalue weighted by molar-refractivity contribution is 5.80. The standard InChI is InChI=1S/C15H20F3N3O3/c1-11(24-10-15(16,17)18)14(22)20-9-12-2-3-19-13(8-12)21-4-6-23-7-5-21/h2-3,8,11H,4-7,9-10H2,1H3,(H,20,22). The second kappa shape index (κ2) is 8.29. The molecule has 9 heteroatoms. The molecule has 1 unspecified atom stereocenters. The van der Waals surface area contributed by atoms with Gasteiger partial charge in [-0.3, -0.25) is 4.79 Å². The molecule has 0 bridgehead atoms. The number of ether oxygens (including phenoxy) is 2. The number of alkyl halides is 3. The first-order valence-corrected chi connectivity index (χ1v) is 7.59. The molecule has 1 amide bonds. The van der Waals surface area contributed by atoms with Crippen LogP contribution in [0, 0.1) is 0 Å². The fourth-order valence-electron chi connectivity index (χ4n) is 2.16. The second-order valence-electron chi connectivity index (χ2n) is 5.41. The van der Waals surface area contributed by atoms with E-state index >= 15 is 0 Å². The van der Waals surface area contributed by atoms with Crippen LogP contribution in [0.4, 0.5) is 19.0 Å². The fraction of sp³-hybridized carbons (Fsp3) is 0.600. The van der Waals surface area contributed by atoms with Gasteiger partial charge in [-0.15, -0.1) is 0 Å². The molecule has 1 atom stereocenters. The topological polar surface area (TPSA) is 63.7 Å². The monoisotopic (exact) mass is 347 g/mol. The number of pyridine rings is 1. The number of nitrogens with one attached hydrogen (secondary N) is 1. The molecule has 1 fully saturated rings. The van der Waals surface area contributed by atoms with Crippen LogP contribution in [0.15, 0.2) is 18.3 Å². The van der Waals surface area contributed by atoms with Crippen molar-refractivity contribution in [3.8, 4) is 0 Å². The Morgan fingerprint density at radius 1 is 1.46 bits per heavy atom. The van der Waals surface area contributed by atoms with Crippen molar-refractivity contribution in [3.63, 3.8) is 0 Å². The maximum atomic E-state index is 12.1. The van der Waals surface area contributed by atoms with E-state index in [0.29, 0.717) is 13.2 Å². The molecule has 24 heavy (non-hydrogen) atoms. The highest BCUT2D eigenvalue weighted by Gasteiger charge is 2.29. The largest absolute Gasteiger partial charge is 0.411 e. The van der Waals surface area contributed by atoms with Gasteiger partial charge in [0.1, 0.15) is 18.5 Å². The van der Waals surface area contributed by atoms with Crippen LogP contribution >= 0.6 is 0 Å². The van der Waals surface area contributed by atoms with Gasteiger partial charge in [-0.1, -0.05) is 0 Å². The van der Waals surface area contributed by atoms with Crippen molar-refractivity contribution in [1.29, 1.82) is 0 Å². The predicted octanol–water partition coefficient (Wildman–Crippen LogP) is 1.50. The minimum Gasteiger partial charge on any atom is -0.378 e. The molecular formula is C15H20F3N3O3. The smallest absolute Gasteiger partial charge is 0.378 e. The van der Waals surface area contributed by atoms with Crippen molar-refractivity contribution in [2.45, 2.75) is 25.7 Å². The van der Waals surface area contributed by atoms with Crippen LogP contribution in [0.1, 0.15) is 12.5 Å². The number of carbonyl (C=O) groups excluding carboxylic acids is 1. The summed E-state index contributed by atoms with van der Waals surface area (Å²) in [5.74, 6) is 0.190. The Balaban J connectivity index is 1.84. The molecule has 134 valence electrons. The van der Waals surface area contributed by atoms with Gasteiger partial charge in [-0.2, -0.15) is 13.2 Å². The van der Waals surface area contributed by atoms with E-state index in [1.165, 1.54) is 6.92 Å². The summed E-state index contributed by atoms with van der Waals surface area (Å²) in [5, 5.41) is 2.56. The van der Waals surface area contributed by atoms with Gasteiger partial charge in [-0.05, 0) is 24.6 Å². The molecule has 2 rings (SSSR count). The molecule has 6 nitrogen and oxygen atoms in total. The van der Waals surface area contributed by atoms with Gasteiger partial charge >= 0.3 is 6.18 Å². The lowest BCUT2D eigenvalue weighted by atomic mass is 10.2. The highest BCUT2D eigenvalue weighted by atomic mass is 19.4. The van der Waals surface area contributed by atoms with Crippen LogP contribution in [-0.4, -0.2) is 56.1 Å². The molecule has 1 saturated heterocycles. The number of nitrogens with zero attached hydrogens (tertiary/aromatic N) is 2. The first-order valence-electron chi connectivity index (χ1n) is 7.59. The number of anilines is 1. The summed E-state index contributed by atoms with van der Waals surface area (Å²) in [6.45, 7) is 2.78. The number of halogens is 3. The predicted molar refractivity (Wildman–Crippen MR) is 80.6 cm³/mol. The first-order chi connectivity index (χ1) is 11.3. The molecule has 1 N–H and O–H groups in total. The Kier molecular flexibility index (Phi) is 6.38. The molecule has 0 saturated carbocycles. The lowest BCUT2D eigenvalue weighted by Crippen LogP contribution is -2.37. The maximum absolute atomic E-state index is 12.1. The van der Waals surface area contributed by atoms with Crippen molar-refractivity contribution in [2.75, 3.05) is 37.8 Å². The van der Waals surface area contributed by atoms with Crippen LogP contribution in [0.5, 0.6) is 0 Å². The fourth-order valence-corrected chi connectivity index (χ4v) is 2.16. The normalized spacial score (nSPS) is 16.8. The molecule has 0 spiro atoms. The molecule has 0 radical (unpaired) electrons. The van der Waals surface area contributed by atoms with E-state index in [4.69, 9.17) is 4.74 Å². The molecule has 1 aliphatic heterocycles. The lowest BCUT2D eigenvalue weighted by molar-refractivity contribution is -0.185. The Bertz CT molecular complexity index is 548. The molecule has 0 aliphatic carbocycles. The SMILES string of the molecule is CC(OCC(F)(F)F)C(=O)NCc1ccnc(N2CCOCC2)c1. The van der Waals surface area contributed by atoms with Crippen LogP contribution in [0.2, 0.25) is 0 Å². The number of rotatable bonds is 6. The number of morpholine rings is 1. The summed E-state index contributed by atoms with van der Waals surface area (Å²) in [7, 11) is 0. The van der Waals surface area contributed by atoms with E-state index in [0.717, 1.165) is 24.5 Å². The van der Waals surface area contributed by atoms with E-state index < -0.39 is 24.8 Å². The van der Waals surface area contributed by atoms with Crippen molar-refractivity contribution in [2.24, 2.45) is 0 Å². The average molecular weight is 347 g/mol. The third-order valence-electron chi connectivity index (χ3n) is 3.48. The summed E-state index contributed by atoms with van der Waals surface area (Å²) >= 11 is 0. The number of hydrogen-bond acceptors (Lipinski definition) is 5. The van der Waals surface area contributed by atoms with Crippen LogP contribution in [0.3, 0.4) is 0 Å². The van der Waals surface area contributed by atoms with E-state index in [2.05, 4.69) is 19.9 Å². The van der Waals surface area contributed by atoms with Crippen molar-refractivity contribution >= 4 is 11.7 Å². The molecule has 0 aromatic carbocycles. The summed E-state index contributed by atoms with van der Waals surface area (Å²) in [4.78, 5) is 18.1. The van der Waals surface area contributed by atoms with E-state index in [9.17, 15) is 18.0 Å². The second-order valence-corrected chi connectivity index (χ2v) is 5.41. The maximum Gasteiger partial charge on any atom is 0.411 e. The van der Waals surface area contributed by atoms with Gasteiger partial charge in [0, 0.05) is 25.8 Å². The zero-order valence-corrected chi connectivity index (χ0v) is 13.3. The highest BCUT2D eigenvalue weighted by Crippen LogP contribution is 2.16. The molecular weight excluding hydrogens is 327 g/mol. The van der Waals surface area contributed by atoms with Crippen LogP contribution in [0.25, 0.3) is 0 Å². The van der Waals surface area contributed by atoms with Crippen molar-refractivity contribution in [3.05, 3.63) is 23.9 Å². The lowest BCUT2D eigenvalue weighted by Gasteiger charge is -2.28.